The van der Waals surface area contributed by atoms with Crippen molar-refractivity contribution < 1.29 is 18.0 Å². The van der Waals surface area contributed by atoms with Gasteiger partial charge in [-0.3, -0.25) is 4.79 Å². The zero-order chi connectivity index (χ0) is 15.7. The summed E-state index contributed by atoms with van der Waals surface area (Å²) >= 11 is 0. The number of halogens is 2. The van der Waals surface area contributed by atoms with Crippen molar-refractivity contribution in [2.75, 3.05) is 0 Å². The van der Waals surface area contributed by atoms with Gasteiger partial charge in [0.2, 0.25) is 8.32 Å². The summed E-state index contributed by atoms with van der Waals surface area (Å²) in [5, 5.41) is 2.47. The molecule has 6 heteroatoms. The van der Waals surface area contributed by atoms with Gasteiger partial charge in [-0.05, 0) is 16.6 Å². The fourth-order valence-corrected chi connectivity index (χ4v) is 8.92. The van der Waals surface area contributed by atoms with Crippen LogP contribution in [-0.2, 0) is 9.22 Å². The van der Waals surface area contributed by atoms with E-state index in [4.69, 9.17) is 4.43 Å². The first kappa shape index (κ1) is 17.3. The van der Waals surface area contributed by atoms with Gasteiger partial charge in [-0.15, -0.1) is 0 Å². The molecular weight excluding hydrogens is 280 g/mol. The molecule has 2 unspecified atom stereocenters. The molecule has 1 saturated heterocycles. The second kappa shape index (κ2) is 6.35. The van der Waals surface area contributed by atoms with Crippen molar-refractivity contribution in [3.8, 4) is 0 Å². The van der Waals surface area contributed by atoms with E-state index >= 15 is 0 Å². The summed E-state index contributed by atoms with van der Waals surface area (Å²) in [6, 6.07) is -0.698. The molecule has 2 atom stereocenters. The van der Waals surface area contributed by atoms with Gasteiger partial charge >= 0.3 is 0 Å². The molecule has 1 heterocycles. The van der Waals surface area contributed by atoms with Crippen LogP contribution in [-0.4, -0.2) is 26.4 Å². The number of carbonyl (C=O) groups excluding carboxylic acids is 1. The number of rotatable bonds is 6. The van der Waals surface area contributed by atoms with E-state index in [1.807, 2.05) is 0 Å². The van der Waals surface area contributed by atoms with E-state index in [0.717, 1.165) is 6.08 Å². The van der Waals surface area contributed by atoms with Crippen molar-refractivity contribution in [1.29, 1.82) is 0 Å². The molecule has 0 radical (unpaired) electrons. The third-order valence-electron chi connectivity index (χ3n) is 4.24. The highest BCUT2D eigenvalue weighted by Gasteiger charge is 2.51. The molecule has 1 amide bonds. The fourth-order valence-electron chi connectivity index (χ4n) is 3.41. The average Bonchev–Trinajstić information content (AvgIpc) is 2.27. The second-order valence-electron chi connectivity index (χ2n) is 6.35. The predicted octanol–water partition coefficient (Wildman–Crippen LogP) is 3.83. The van der Waals surface area contributed by atoms with Gasteiger partial charge < -0.3 is 9.74 Å². The van der Waals surface area contributed by atoms with Gasteiger partial charge in [-0.2, -0.15) is 8.78 Å². The normalized spacial score (nSPS) is 23.1. The third kappa shape index (κ3) is 3.11. The summed E-state index contributed by atoms with van der Waals surface area (Å²) in [5.41, 5.74) is 0.947. The van der Waals surface area contributed by atoms with Crippen molar-refractivity contribution in [2.45, 2.75) is 70.3 Å². The van der Waals surface area contributed by atoms with Crippen LogP contribution < -0.4 is 5.32 Å². The first-order valence-electron chi connectivity index (χ1n) is 7.13. The van der Waals surface area contributed by atoms with E-state index in [-0.39, 0.29) is 5.91 Å². The lowest BCUT2D eigenvalue weighted by atomic mass is 10.0. The highest BCUT2D eigenvalue weighted by Crippen LogP contribution is 2.44. The summed E-state index contributed by atoms with van der Waals surface area (Å²) in [4.78, 5) is 11.7. The lowest BCUT2D eigenvalue weighted by Gasteiger charge is -2.48. The Morgan fingerprint density at radius 3 is 1.90 bits per heavy atom. The molecule has 0 aromatic heterocycles. The SMILES string of the molecule is CC(C)[Si](OC1C(=O)NC1C=C(F)F)(C(C)C)C(C)C. The summed E-state index contributed by atoms with van der Waals surface area (Å²) in [6.07, 6.45) is -1.78. The van der Waals surface area contributed by atoms with Crippen LogP contribution in [0.25, 0.3) is 0 Å². The minimum absolute atomic E-state index is 0.286. The molecule has 0 saturated carbocycles. The standard InChI is InChI=1S/C14H25F2NO2Si/c1-8(2)20(9(3)4,10(5)6)19-13-11(7-12(15)16)17-14(13)18/h7-11,13H,1-6H3,(H,17,18). The van der Waals surface area contributed by atoms with Crippen molar-refractivity contribution in [2.24, 2.45) is 0 Å². The van der Waals surface area contributed by atoms with E-state index in [2.05, 4.69) is 46.9 Å². The van der Waals surface area contributed by atoms with E-state index in [1.165, 1.54) is 0 Å². The second-order valence-corrected chi connectivity index (χ2v) is 11.8. The number of carbonyl (C=O) groups is 1. The maximum Gasteiger partial charge on any atom is 0.268 e. The monoisotopic (exact) mass is 305 g/mol. The zero-order valence-electron chi connectivity index (χ0n) is 13.0. The zero-order valence-corrected chi connectivity index (χ0v) is 14.0. The van der Waals surface area contributed by atoms with Gasteiger partial charge in [0.1, 0.15) is 6.10 Å². The van der Waals surface area contributed by atoms with Gasteiger partial charge in [0, 0.05) is 6.08 Å². The van der Waals surface area contributed by atoms with E-state index < -0.39 is 26.5 Å². The van der Waals surface area contributed by atoms with Gasteiger partial charge in [-0.1, -0.05) is 41.5 Å². The van der Waals surface area contributed by atoms with Crippen molar-refractivity contribution in [1.82, 2.24) is 5.32 Å². The highest BCUT2D eigenvalue weighted by atomic mass is 28.4. The Balaban J connectivity index is 3.01. The maximum atomic E-state index is 12.4. The molecule has 1 aliphatic heterocycles. The van der Waals surface area contributed by atoms with Crippen LogP contribution in [0.5, 0.6) is 0 Å². The summed E-state index contributed by atoms with van der Waals surface area (Å²) < 4.78 is 31.0. The Kier molecular flexibility index (Phi) is 5.49. The van der Waals surface area contributed by atoms with Crippen LogP contribution >= 0.6 is 0 Å². The average molecular weight is 305 g/mol. The fraction of sp³-hybridized carbons (Fsp3) is 0.786. The molecule has 0 aliphatic carbocycles. The molecule has 20 heavy (non-hydrogen) atoms. The topological polar surface area (TPSA) is 38.3 Å². The van der Waals surface area contributed by atoms with Crippen LogP contribution in [0.15, 0.2) is 12.2 Å². The van der Waals surface area contributed by atoms with Crippen molar-refractivity contribution in [3.05, 3.63) is 12.2 Å². The number of amides is 1. The molecular formula is C14H25F2NO2Si. The van der Waals surface area contributed by atoms with Gasteiger partial charge in [0.15, 0.2) is 0 Å². The predicted molar refractivity (Wildman–Crippen MR) is 78.2 cm³/mol. The molecule has 0 aromatic carbocycles. The molecule has 0 bridgehead atoms. The lowest BCUT2D eigenvalue weighted by molar-refractivity contribution is -0.139. The van der Waals surface area contributed by atoms with E-state index in [1.54, 1.807) is 0 Å². The maximum absolute atomic E-state index is 12.4. The Morgan fingerprint density at radius 2 is 1.60 bits per heavy atom. The summed E-state index contributed by atoms with van der Waals surface area (Å²) in [5.74, 6) is -0.286. The summed E-state index contributed by atoms with van der Waals surface area (Å²) in [6.45, 7) is 12.6. The Labute approximate surface area is 120 Å². The van der Waals surface area contributed by atoms with Gasteiger partial charge in [0.25, 0.3) is 12.0 Å². The van der Waals surface area contributed by atoms with E-state index in [9.17, 15) is 13.6 Å². The van der Waals surface area contributed by atoms with Crippen LogP contribution in [0.2, 0.25) is 16.6 Å². The van der Waals surface area contributed by atoms with Crippen LogP contribution in [0, 0.1) is 0 Å². The largest absolute Gasteiger partial charge is 0.402 e. The molecule has 0 aromatic rings. The van der Waals surface area contributed by atoms with Gasteiger partial charge in [-0.25, -0.2) is 0 Å². The quantitative estimate of drug-likeness (QED) is 0.598. The lowest BCUT2D eigenvalue weighted by Crippen LogP contribution is -2.67. The highest BCUT2D eigenvalue weighted by molar-refractivity contribution is 6.77. The molecule has 1 N–H and O–H groups in total. The van der Waals surface area contributed by atoms with Crippen molar-refractivity contribution >= 4 is 14.2 Å². The van der Waals surface area contributed by atoms with Crippen LogP contribution in [0.3, 0.4) is 0 Å². The van der Waals surface area contributed by atoms with E-state index in [0.29, 0.717) is 16.6 Å². The Hall–Kier alpha value is -0.753. The summed E-state index contributed by atoms with van der Waals surface area (Å²) in [7, 11) is -2.23. The minimum atomic E-state index is -2.23. The molecule has 1 rings (SSSR count). The number of hydrogen-bond acceptors (Lipinski definition) is 2. The van der Waals surface area contributed by atoms with Crippen LogP contribution in [0.4, 0.5) is 8.78 Å². The number of hydrogen-bond donors (Lipinski definition) is 1. The van der Waals surface area contributed by atoms with Gasteiger partial charge in [0.05, 0.1) is 6.04 Å². The number of β-lactam (4-membered cyclic amide) rings is 1. The smallest absolute Gasteiger partial charge is 0.268 e. The molecule has 0 spiro atoms. The Bertz CT molecular complexity index is 371. The molecule has 3 nitrogen and oxygen atoms in total. The first-order chi connectivity index (χ1) is 9.12. The molecule has 116 valence electrons. The van der Waals surface area contributed by atoms with Crippen LogP contribution in [0.1, 0.15) is 41.5 Å². The minimum Gasteiger partial charge on any atom is -0.402 e. The Morgan fingerprint density at radius 1 is 1.15 bits per heavy atom. The first-order valence-corrected chi connectivity index (χ1v) is 9.28. The molecule has 1 fully saturated rings. The number of nitrogens with one attached hydrogen (secondary N) is 1. The third-order valence-corrected chi connectivity index (χ3v) is 10.3. The van der Waals surface area contributed by atoms with Crippen molar-refractivity contribution in [3.63, 3.8) is 0 Å². The molecule has 1 aliphatic rings.